The highest BCUT2D eigenvalue weighted by Crippen LogP contribution is 2.36. The number of halogens is 1. The van der Waals surface area contributed by atoms with Crippen LogP contribution in [0.2, 0.25) is 0 Å². The Morgan fingerprint density at radius 3 is 2.80 bits per heavy atom. The second kappa shape index (κ2) is 6.16. The molecule has 1 aliphatic rings. The normalized spacial score (nSPS) is 15.8. The molecule has 0 saturated heterocycles. The van der Waals surface area contributed by atoms with E-state index in [1.807, 2.05) is 27.0 Å². The third-order valence-corrected chi connectivity index (χ3v) is 3.65. The molecule has 1 N–H and O–H groups in total. The Labute approximate surface area is 128 Å². The van der Waals surface area contributed by atoms with E-state index in [-0.39, 0.29) is 6.09 Å². The monoisotopic (exact) mass is 343 g/mol. The summed E-state index contributed by atoms with van der Waals surface area (Å²) in [6, 6.07) is 0. The van der Waals surface area contributed by atoms with Crippen LogP contribution in [0.15, 0.2) is 10.8 Å². The third-order valence-electron chi connectivity index (χ3n) is 3.27. The molecule has 1 fully saturated rings. The van der Waals surface area contributed by atoms with E-state index in [4.69, 9.17) is 4.74 Å². The molecule has 1 aromatic heterocycles. The second-order valence-electron chi connectivity index (χ2n) is 6.17. The number of nitrogens with one attached hydrogen (secondary N) is 1. The van der Waals surface area contributed by atoms with Crippen LogP contribution in [-0.2, 0) is 11.3 Å². The van der Waals surface area contributed by atoms with Gasteiger partial charge in [-0.15, -0.1) is 0 Å². The Morgan fingerprint density at radius 1 is 1.55 bits per heavy atom. The molecule has 112 valence electrons. The Kier molecular flexibility index (Phi) is 4.73. The van der Waals surface area contributed by atoms with Gasteiger partial charge < -0.3 is 14.6 Å². The average Bonchev–Trinajstić information content (AvgIpc) is 2.54. The number of hydrogen-bond acceptors (Lipinski definition) is 3. The molecule has 0 atom stereocenters. The van der Waals surface area contributed by atoms with Crippen molar-refractivity contribution >= 4 is 22.0 Å². The fraction of sp³-hybridized carbons (Fsp3) is 0.714. The van der Waals surface area contributed by atoms with Crippen LogP contribution in [0.4, 0.5) is 4.79 Å². The number of rotatable bonds is 4. The first-order valence-electron chi connectivity index (χ1n) is 7.04. The van der Waals surface area contributed by atoms with Gasteiger partial charge in [-0.3, -0.25) is 0 Å². The van der Waals surface area contributed by atoms with E-state index < -0.39 is 5.60 Å². The summed E-state index contributed by atoms with van der Waals surface area (Å²) >= 11 is 3.42. The zero-order valence-corrected chi connectivity index (χ0v) is 13.9. The molecule has 0 aromatic carbocycles. The molecule has 1 saturated carbocycles. The maximum absolute atomic E-state index is 11.6. The molecule has 0 unspecified atom stereocenters. The van der Waals surface area contributed by atoms with Crippen molar-refractivity contribution in [3.8, 4) is 0 Å². The van der Waals surface area contributed by atoms with Gasteiger partial charge >= 0.3 is 6.09 Å². The molecule has 0 bridgehead atoms. The minimum Gasteiger partial charge on any atom is -0.444 e. The van der Waals surface area contributed by atoms with E-state index in [0.29, 0.717) is 19.0 Å². The number of carbonyl (C=O) groups excluding carboxylic acids is 1. The molecule has 0 aliphatic heterocycles. The molecule has 6 heteroatoms. The maximum Gasteiger partial charge on any atom is 0.407 e. The van der Waals surface area contributed by atoms with Crippen molar-refractivity contribution < 1.29 is 9.53 Å². The Balaban J connectivity index is 1.83. The standard InChI is InChI=1S/C14H22BrN3O2/c1-14(2,3)20-13(19)16-7-8-18-9-11(15)17-12(18)10-5-4-6-10/h9-10H,4-8H2,1-3H3,(H,16,19). The summed E-state index contributed by atoms with van der Waals surface area (Å²) in [5.74, 6) is 1.69. The van der Waals surface area contributed by atoms with E-state index in [1.165, 1.54) is 19.3 Å². The molecule has 1 aliphatic carbocycles. The van der Waals surface area contributed by atoms with Crippen LogP contribution >= 0.6 is 15.9 Å². The Hall–Kier alpha value is -1.04. The predicted molar refractivity (Wildman–Crippen MR) is 80.8 cm³/mol. The molecular formula is C14H22BrN3O2. The summed E-state index contributed by atoms with van der Waals surface area (Å²) in [6.07, 6.45) is 5.31. The number of aromatic nitrogens is 2. The van der Waals surface area contributed by atoms with Crippen LogP contribution in [0.1, 0.15) is 51.8 Å². The predicted octanol–water partition coefficient (Wildman–Crippen LogP) is 3.44. The molecular weight excluding hydrogens is 322 g/mol. The molecule has 2 rings (SSSR count). The lowest BCUT2D eigenvalue weighted by molar-refractivity contribution is 0.0526. The molecule has 1 heterocycles. The number of nitrogens with zero attached hydrogens (tertiary/aromatic N) is 2. The van der Waals surface area contributed by atoms with Gasteiger partial charge in [-0.05, 0) is 49.5 Å². The summed E-state index contributed by atoms with van der Waals surface area (Å²) in [5.41, 5.74) is -0.459. The second-order valence-corrected chi connectivity index (χ2v) is 6.98. The van der Waals surface area contributed by atoms with E-state index in [1.54, 1.807) is 0 Å². The first kappa shape index (κ1) is 15.4. The Bertz CT molecular complexity index is 475. The van der Waals surface area contributed by atoms with Crippen molar-refractivity contribution in [3.05, 3.63) is 16.6 Å². The number of amides is 1. The summed E-state index contributed by atoms with van der Waals surface area (Å²) < 4.78 is 8.18. The highest BCUT2D eigenvalue weighted by molar-refractivity contribution is 9.10. The van der Waals surface area contributed by atoms with Gasteiger partial charge in [0.1, 0.15) is 16.0 Å². The molecule has 0 spiro atoms. The molecule has 0 radical (unpaired) electrons. The minimum absolute atomic E-state index is 0.373. The van der Waals surface area contributed by atoms with Gasteiger partial charge in [0.05, 0.1) is 0 Å². The topological polar surface area (TPSA) is 56.1 Å². The smallest absolute Gasteiger partial charge is 0.407 e. The Morgan fingerprint density at radius 2 is 2.25 bits per heavy atom. The van der Waals surface area contributed by atoms with Crippen LogP contribution in [0.25, 0.3) is 0 Å². The van der Waals surface area contributed by atoms with Crippen LogP contribution in [0.3, 0.4) is 0 Å². The lowest BCUT2D eigenvalue weighted by atomic mass is 9.85. The number of hydrogen-bond donors (Lipinski definition) is 1. The molecule has 1 aromatic rings. The first-order valence-corrected chi connectivity index (χ1v) is 7.84. The SMILES string of the molecule is CC(C)(C)OC(=O)NCCn1cc(Br)nc1C1CCC1. The quantitative estimate of drug-likeness (QED) is 0.910. The van der Waals surface area contributed by atoms with Crippen LogP contribution in [-0.4, -0.2) is 27.8 Å². The van der Waals surface area contributed by atoms with Gasteiger partial charge in [-0.2, -0.15) is 0 Å². The van der Waals surface area contributed by atoms with E-state index in [9.17, 15) is 4.79 Å². The van der Waals surface area contributed by atoms with Crippen LogP contribution < -0.4 is 5.32 Å². The van der Waals surface area contributed by atoms with Crippen molar-refractivity contribution in [2.75, 3.05) is 6.54 Å². The summed E-state index contributed by atoms with van der Waals surface area (Å²) in [4.78, 5) is 16.1. The van der Waals surface area contributed by atoms with Gasteiger partial charge in [-0.25, -0.2) is 9.78 Å². The summed E-state index contributed by atoms with van der Waals surface area (Å²) in [5, 5.41) is 2.77. The fourth-order valence-electron chi connectivity index (χ4n) is 2.16. The zero-order valence-electron chi connectivity index (χ0n) is 12.3. The van der Waals surface area contributed by atoms with Crippen molar-refractivity contribution in [1.82, 2.24) is 14.9 Å². The van der Waals surface area contributed by atoms with E-state index in [0.717, 1.165) is 10.4 Å². The van der Waals surface area contributed by atoms with Crippen LogP contribution in [0.5, 0.6) is 0 Å². The van der Waals surface area contributed by atoms with Gasteiger partial charge in [0.25, 0.3) is 0 Å². The number of alkyl carbamates (subject to hydrolysis) is 1. The number of carbonyl (C=O) groups is 1. The molecule has 5 nitrogen and oxygen atoms in total. The molecule has 1 amide bonds. The van der Waals surface area contributed by atoms with E-state index >= 15 is 0 Å². The van der Waals surface area contributed by atoms with Crippen molar-refractivity contribution in [2.45, 2.75) is 58.1 Å². The van der Waals surface area contributed by atoms with Gasteiger partial charge in [-0.1, -0.05) is 6.42 Å². The lowest BCUT2D eigenvalue weighted by Gasteiger charge is -2.25. The van der Waals surface area contributed by atoms with Gasteiger partial charge in [0.2, 0.25) is 0 Å². The highest BCUT2D eigenvalue weighted by Gasteiger charge is 2.24. The fourth-order valence-corrected chi connectivity index (χ4v) is 2.59. The number of ether oxygens (including phenoxy) is 1. The average molecular weight is 344 g/mol. The highest BCUT2D eigenvalue weighted by atomic mass is 79.9. The van der Waals surface area contributed by atoms with Crippen LogP contribution in [0, 0.1) is 0 Å². The van der Waals surface area contributed by atoms with Crippen molar-refractivity contribution in [2.24, 2.45) is 0 Å². The summed E-state index contributed by atoms with van der Waals surface area (Å²) in [6.45, 7) is 6.82. The lowest BCUT2D eigenvalue weighted by Crippen LogP contribution is -2.34. The number of imidazole rings is 1. The van der Waals surface area contributed by atoms with Gasteiger partial charge in [0, 0.05) is 25.2 Å². The van der Waals surface area contributed by atoms with Gasteiger partial charge in [0.15, 0.2) is 0 Å². The first-order chi connectivity index (χ1) is 9.35. The third kappa shape index (κ3) is 4.23. The maximum atomic E-state index is 11.6. The largest absolute Gasteiger partial charge is 0.444 e. The zero-order chi connectivity index (χ0) is 14.8. The van der Waals surface area contributed by atoms with Crippen molar-refractivity contribution in [3.63, 3.8) is 0 Å². The van der Waals surface area contributed by atoms with Crippen molar-refractivity contribution in [1.29, 1.82) is 0 Å². The van der Waals surface area contributed by atoms with E-state index in [2.05, 4.69) is 30.8 Å². The minimum atomic E-state index is -0.459. The summed E-state index contributed by atoms with van der Waals surface area (Å²) in [7, 11) is 0. The molecule has 20 heavy (non-hydrogen) atoms.